The summed E-state index contributed by atoms with van der Waals surface area (Å²) in [5.74, 6) is -0.264. The van der Waals surface area contributed by atoms with Crippen molar-refractivity contribution in [2.45, 2.75) is 6.92 Å². The van der Waals surface area contributed by atoms with Crippen molar-refractivity contribution < 1.29 is 23.8 Å². The van der Waals surface area contributed by atoms with Gasteiger partial charge in [0.25, 0.3) is 5.91 Å². The minimum atomic E-state index is -0.505. The van der Waals surface area contributed by atoms with Crippen LogP contribution in [0.4, 0.5) is 0 Å². The van der Waals surface area contributed by atoms with Crippen LogP contribution in [-0.4, -0.2) is 42.3 Å². The molecular formula is C16H16N4O5. The van der Waals surface area contributed by atoms with E-state index in [4.69, 9.17) is 14.2 Å². The van der Waals surface area contributed by atoms with Crippen LogP contribution in [0, 0.1) is 0 Å². The van der Waals surface area contributed by atoms with Gasteiger partial charge in [-0.05, 0) is 12.1 Å². The lowest BCUT2D eigenvalue weighted by molar-refractivity contribution is -0.132. The number of hydrogen-bond acceptors (Lipinski definition) is 8. The summed E-state index contributed by atoms with van der Waals surface area (Å²) >= 11 is 0. The van der Waals surface area contributed by atoms with Gasteiger partial charge < -0.3 is 14.2 Å². The lowest BCUT2D eigenvalue weighted by Crippen LogP contribution is -2.19. The number of ether oxygens (including phenoxy) is 3. The fraction of sp³-hybridized carbons (Fsp3) is 0.188. The Morgan fingerprint density at radius 1 is 1.16 bits per heavy atom. The molecule has 1 amide bonds. The van der Waals surface area contributed by atoms with E-state index >= 15 is 0 Å². The van der Waals surface area contributed by atoms with E-state index in [2.05, 4.69) is 20.5 Å². The standard InChI is InChI=1S/C16H16N4O5/c1-10(21)25-15-13(23-2)6-11(7-14(15)24-3)8-19-20-16(22)12-9-17-4-5-18-12/h4-9H,1-3H3,(H,20,22)/b19-8-. The Morgan fingerprint density at radius 3 is 2.36 bits per heavy atom. The summed E-state index contributed by atoms with van der Waals surface area (Å²) in [6.07, 6.45) is 5.58. The third-order valence-electron chi connectivity index (χ3n) is 2.90. The van der Waals surface area contributed by atoms with Crippen molar-refractivity contribution in [3.63, 3.8) is 0 Å². The van der Waals surface area contributed by atoms with Gasteiger partial charge in [0, 0.05) is 24.9 Å². The second kappa shape index (κ2) is 8.39. The van der Waals surface area contributed by atoms with Gasteiger partial charge in [-0.2, -0.15) is 5.10 Å². The summed E-state index contributed by atoms with van der Waals surface area (Å²) in [5.41, 5.74) is 3.03. The van der Waals surface area contributed by atoms with Gasteiger partial charge in [0.1, 0.15) is 5.69 Å². The molecule has 1 heterocycles. The molecule has 0 spiro atoms. The van der Waals surface area contributed by atoms with Crippen LogP contribution in [0.2, 0.25) is 0 Å². The maximum Gasteiger partial charge on any atom is 0.308 e. The molecule has 0 fully saturated rings. The number of benzene rings is 1. The highest BCUT2D eigenvalue weighted by Crippen LogP contribution is 2.38. The highest BCUT2D eigenvalue weighted by Gasteiger charge is 2.15. The number of carbonyl (C=O) groups is 2. The van der Waals surface area contributed by atoms with E-state index in [1.807, 2.05) is 0 Å². The molecule has 2 rings (SSSR count). The number of hydrogen-bond donors (Lipinski definition) is 1. The van der Waals surface area contributed by atoms with Crippen molar-refractivity contribution in [2.24, 2.45) is 5.10 Å². The van der Waals surface area contributed by atoms with Crippen LogP contribution in [0.1, 0.15) is 23.0 Å². The van der Waals surface area contributed by atoms with Crippen molar-refractivity contribution in [1.29, 1.82) is 0 Å². The van der Waals surface area contributed by atoms with Gasteiger partial charge >= 0.3 is 5.97 Å². The van der Waals surface area contributed by atoms with Crippen LogP contribution >= 0.6 is 0 Å². The smallest absolute Gasteiger partial charge is 0.308 e. The zero-order valence-corrected chi connectivity index (χ0v) is 13.8. The zero-order valence-electron chi connectivity index (χ0n) is 13.8. The molecule has 0 unspecified atom stereocenters. The van der Waals surface area contributed by atoms with Crippen LogP contribution in [0.3, 0.4) is 0 Å². The molecule has 0 aliphatic carbocycles. The first-order valence-corrected chi connectivity index (χ1v) is 7.09. The van der Waals surface area contributed by atoms with E-state index in [0.29, 0.717) is 5.56 Å². The zero-order chi connectivity index (χ0) is 18.2. The number of hydrazone groups is 1. The van der Waals surface area contributed by atoms with E-state index in [-0.39, 0.29) is 22.9 Å². The first-order valence-electron chi connectivity index (χ1n) is 7.09. The molecular weight excluding hydrogens is 328 g/mol. The highest BCUT2D eigenvalue weighted by molar-refractivity contribution is 5.93. The van der Waals surface area contributed by atoms with E-state index in [9.17, 15) is 9.59 Å². The lowest BCUT2D eigenvalue weighted by Gasteiger charge is -2.13. The molecule has 0 aliphatic rings. The van der Waals surface area contributed by atoms with Crippen LogP contribution < -0.4 is 19.6 Å². The normalized spacial score (nSPS) is 10.4. The molecule has 0 bridgehead atoms. The number of esters is 1. The lowest BCUT2D eigenvalue weighted by atomic mass is 10.2. The summed E-state index contributed by atoms with van der Waals surface area (Å²) in [5, 5.41) is 3.85. The molecule has 0 saturated heterocycles. The molecule has 25 heavy (non-hydrogen) atoms. The predicted octanol–water partition coefficient (Wildman–Crippen LogP) is 1.18. The Kier molecular flexibility index (Phi) is 5.99. The van der Waals surface area contributed by atoms with Crippen LogP contribution in [0.5, 0.6) is 17.2 Å². The maximum atomic E-state index is 11.8. The highest BCUT2D eigenvalue weighted by atomic mass is 16.6. The van der Waals surface area contributed by atoms with Crippen LogP contribution in [0.25, 0.3) is 0 Å². The molecule has 0 saturated carbocycles. The number of aromatic nitrogens is 2. The number of amides is 1. The van der Waals surface area contributed by atoms with Gasteiger partial charge in [0.2, 0.25) is 5.75 Å². The number of nitrogens with one attached hydrogen (secondary N) is 1. The second-order valence-corrected chi connectivity index (χ2v) is 4.64. The number of rotatable bonds is 6. The average Bonchev–Trinajstić information content (AvgIpc) is 2.62. The third-order valence-corrected chi connectivity index (χ3v) is 2.90. The average molecular weight is 344 g/mol. The molecule has 0 radical (unpaired) electrons. The minimum absolute atomic E-state index is 0.139. The SMILES string of the molecule is COc1cc(/C=N\NC(=O)c2cnccn2)cc(OC)c1OC(C)=O. The van der Waals surface area contributed by atoms with Gasteiger partial charge in [-0.1, -0.05) is 0 Å². The van der Waals surface area contributed by atoms with Crippen molar-refractivity contribution in [3.8, 4) is 17.2 Å². The second-order valence-electron chi connectivity index (χ2n) is 4.64. The van der Waals surface area contributed by atoms with E-state index in [1.165, 1.54) is 45.9 Å². The van der Waals surface area contributed by atoms with Gasteiger partial charge in [-0.25, -0.2) is 10.4 Å². The Balaban J connectivity index is 2.19. The van der Waals surface area contributed by atoms with Crippen LogP contribution in [-0.2, 0) is 4.79 Å². The van der Waals surface area contributed by atoms with Crippen molar-refractivity contribution in [3.05, 3.63) is 42.0 Å². The Morgan fingerprint density at radius 2 is 1.84 bits per heavy atom. The molecule has 1 aromatic carbocycles. The first-order chi connectivity index (χ1) is 12.0. The largest absolute Gasteiger partial charge is 0.493 e. The van der Waals surface area contributed by atoms with Crippen molar-refractivity contribution in [1.82, 2.24) is 15.4 Å². The monoisotopic (exact) mass is 344 g/mol. The molecule has 1 N–H and O–H groups in total. The molecule has 2 aromatic rings. The Bertz CT molecular complexity index is 767. The number of methoxy groups -OCH3 is 2. The minimum Gasteiger partial charge on any atom is -0.493 e. The summed E-state index contributed by atoms with van der Waals surface area (Å²) in [4.78, 5) is 30.7. The van der Waals surface area contributed by atoms with E-state index in [0.717, 1.165) is 0 Å². The topological polar surface area (TPSA) is 112 Å². The van der Waals surface area contributed by atoms with Crippen LogP contribution in [0.15, 0.2) is 35.8 Å². The van der Waals surface area contributed by atoms with Gasteiger partial charge in [-0.3, -0.25) is 14.6 Å². The molecule has 0 atom stereocenters. The quantitative estimate of drug-likeness (QED) is 0.362. The fourth-order valence-corrected chi connectivity index (χ4v) is 1.86. The first kappa shape index (κ1) is 17.9. The predicted molar refractivity (Wildman–Crippen MR) is 87.9 cm³/mol. The van der Waals surface area contributed by atoms with Gasteiger partial charge in [0.05, 0.1) is 26.6 Å². The number of nitrogens with zero attached hydrogens (tertiary/aromatic N) is 3. The molecule has 9 nitrogen and oxygen atoms in total. The van der Waals surface area contributed by atoms with Gasteiger partial charge in [0.15, 0.2) is 11.5 Å². The Labute approximate surface area is 143 Å². The van der Waals surface area contributed by atoms with Gasteiger partial charge in [-0.15, -0.1) is 0 Å². The van der Waals surface area contributed by atoms with E-state index in [1.54, 1.807) is 12.1 Å². The van der Waals surface area contributed by atoms with Crippen molar-refractivity contribution >= 4 is 18.1 Å². The fourth-order valence-electron chi connectivity index (χ4n) is 1.86. The Hall–Kier alpha value is -3.49. The molecule has 1 aromatic heterocycles. The summed E-state index contributed by atoms with van der Waals surface area (Å²) in [7, 11) is 2.86. The summed E-state index contributed by atoms with van der Waals surface area (Å²) in [6, 6.07) is 3.16. The molecule has 130 valence electrons. The number of carbonyl (C=O) groups excluding carboxylic acids is 2. The third kappa shape index (κ3) is 4.74. The summed E-state index contributed by atoms with van der Waals surface area (Å²) in [6.45, 7) is 1.27. The van der Waals surface area contributed by atoms with E-state index < -0.39 is 11.9 Å². The molecule has 0 aliphatic heterocycles. The summed E-state index contributed by atoms with van der Waals surface area (Å²) < 4.78 is 15.5. The maximum absolute atomic E-state index is 11.8. The molecule has 9 heteroatoms. The van der Waals surface area contributed by atoms with Crippen molar-refractivity contribution in [2.75, 3.05) is 14.2 Å².